The number of nitrogens with one attached hydrogen (secondary N) is 3. The molecule has 1 atom stereocenters. The van der Waals surface area contributed by atoms with Gasteiger partial charge < -0.3 is 34.4 Å². The first-order valence-corrected chi connectivity index (χ1v) is 21.8. The van der Waals surface area contributed by atoms with Crippen molar-refractivity contribution in [2.75, 3.05) is 63.2 Å². The number of amides is 4. The monoisotopic (exact) mass is 888 g/mol. The van der Waals surface area contributed by atoms with Gasteiger partial charge in [-0.25, -0.2) is 9.97 Å². The third-order valence-electron chi connectivity index (χ3n) is 11.4. The first-order chi connectivity index (χ1) is 31.4. The molecule has 6 heterocycles. The molecule has 4 aromatic heterocycles. The number of morpholine rings is 1. The van der Waals surface area contributed by atoms with Crippen molar-refractivity contribution >= 4 is 57.6 Å². The lowest BCUT2D eigenvalue weighted by Crippen LogP contribution is -2.43. The molecule has 340 valence electrons. The Bertz CT molecular complexity index is 2820. The number of hydrogen-bond donors (Lipinski definition) is 4. The van der Waals surface area contributed by atoms with Crippen molar-refractivity contribution in [3.8, 4) is 17.6 Å². The van der Waals surface area contributed by atoms with Gasteiger partial charge in [0.05, 0.1) is 66.5 Å². The summed E-state index contributed by atoms with van der Waals surface area (Å²) in [6, 6.07) is 11.7. The first kappa shape index (κ1) is 44.3. The van der Waals surface area contributed by atoms with E-state index in [1.807, 2.05) is 41.7 Å². The lowest BCUT2D eigenvalue weighted by atomic mass is 10.1. The fourth-order valence-corrected chi connectivity index (χ4v) is 8.34. The van der Waals surface area contributed by atoms with E-state index in [-0.39, 0.29) is 49.1 Å². The number of carbonyl (C=O) groups excluding carboxylic acids is 4. The molecule has 0 aliphatic carbocycles. The zero-order chi connectivity index (χ0) is 45.8. The lowest BCUT2D eigenvalue weighted by Gasteiger charge is -2.27. The van der Waals surface area contributed by atoms with Gasteiger partial charge in [0.25, 0.3) is 11.8 Å². The Labute approximate surface area is 373 Å². The van der Waals surface area contributed by atoms with Crippen LogP contribution in [0, 0.1) is 25.2 Å². The second-order valence-electron chi connectivity index (χ2n) is 16.0. The number of primary amides is 1. The van der Waals surface area contributed by atoms with Gasteiger partial charge >= 0.3 is 0 Å². The molecule has 4 amide bonds. The normalized spacial score (nSPS) is 14.8. The van der Waals surface area contributed by atoms with E-state index >= 15 is 0 Å². The van der Waals surface area contributed by atoms with Crippen molar-refractivity contribution < 1.29 is 33.4 Å². The Hall–Kier alpha value is -7.31. The summed E-state index contributed by atoms with van der Waals surface area (Å²) in [7, 11) is 0. The van der Waals surface area contributed by atoms with Crippen LogP contribution < -0.4 is 31.2 Å². The van der Waals surface area contributed by atoms with Crippen molar-refractivity contribution in [3.05, 3.63) is 70.3 Å². The van der Waals surface area contributed by atoms with Crippen LogP contribution in [0.1, 0.15) is 87.4 Å². The SMILES string of the molecule is CCn1nc(C)cc1C(=O)Nc1nc2cc(C(N)=O)cc(OCCCNC(=O)CN3CCOCC3)c2n1CCC[C@H]1COc2cc(C#N)cc3nc(NC(=O)c4cc(C)nn4CC)n1c23. The smallest absolute Gasteiger partial charge is 0.276 e. The van der Waals surface area contributed by atoms with Crippen molar-refractivity contribution in [3.63, 3.8) is 0 Å². The predicted molar refractivity (Wildman–Crippen MR) is 238 cm³/mol. The highest BCUT2D eigenvalue weighted by molar-refractivity contribution is 6.05. The van der Waals surface area contributed by atoms with Gasteiger partial charge in [-0.15, -0.1) is 0 Å². The van der Waals surface area contributed by atoms with Crippen LogP contribution >= 0.6 is 0 Å². The molecule has 8 rings (SSSR count). The lowest BCUT2D eigenvalue weighted by molar-refractivity contribution is -0.123. The van der Waals surface area contributed by atoms with Crippen molar-refractivity contribution in [1.29, 1.82) is 5.26 Å². The van der Waals surface area contributed by atoms with Gasteiger partial charge in [0.1, 0.15) is 40.5 Å². The van der Waals surface area contributed by atoms with E-state index in [0.717, 1.165) is 0 Å². The number of fused-ring (bicyclic) bond motifs is 1. The van der Waals surface area contributed by atoms with Crippen LogP contribution in [0.2, 0.25) is 0 Å². The Morgan fingerprint density at radius 2 is 1.54 bits per heavy atom. The van der Waals surface area contributed by atoms with Crippen LogP contribution in [0.25, 0.3) is 22.1 Å². The summed E-state index contributed by atoms with van der Waals surface area (Å²) in [6.45, 7) is 12.4. The quantitative estimate of drug-likeness (QED) is 0.0902. The van der Waals surface area contributed by atoms with Crippen molar-refractivity contribution in [1.82, 2.24) is 48.9 Å². The zero-order valence-corrected chi connectivity index (χ0v) is 36.8. The summed E-state index contributed by atoms with van der Waals surface area (Å²) in [5, 5.41) is 27.6. The van der Waals surface area contributed by atoms with Gasteiger partial charge in [-0.1, -0.05) is 0 Å². The number of benzene rings is 2. The third-order valence-corrected chi connectivity index (χ3v) is 11.4. The Balaban J connectivity index is 1.08. The van der Waals surface area contributed by atoms with Crippen LogP contribution in [0.5, 0.6) is 11.5 Å². The van der Waals surface area contributed by atoms with Gasteiger partial charge in [-0.2, -0.15) is 15.5 Å². The van der Waals surface area contributed by atoms with Crippen LogP contribution in [0.4, 0.5) is 11.9 Å². The van der Waals surface area contributed by atoms with Crippen LogP contribution in [-0.2, 0) is 29.2 Å². The largest absolute Gasteiger partial charge is 0.491 e. The highest BCUT2D eigenvalue weighted by atomic mass is 16.5. The second kappa shape index (κ2) is 19.2. The van der Waals surface area contributed by atoms with Gasteiger partial charge in [0, 0.05) is 50.9 Å². The van der Waals surface area contributed by atoms with E-state index < -0.39 is 11.8 Å². The van der Waals surface area contributed by atoms with E-state index in [2.05, 4.69) is 32.2 Å². The van der Waals surface area contributed by atoms with E-state index in [4.69, 9.17) is 29.9 Å². The summed E-state index contributed by atoms with van der Waals surface area (Å²) in [5.41, 5.74) is 10.5. The number of nitrogens with two attached hydrogens (primary N) is 1. The first-order valence-electron chi connectivity index (χ1n) is 21.8. The zero-order valence-electron chi connectivity index (χ0n) is 36.8. The average molecular weight is 889 g/mol. The average Bonchev–Trinajstić information content (AvgIpc) is 4.07. The maximum absolute atomic E-state index is 13.9. The summed E-state index contributed by atoms with van der Waals surface area (Å²) >= 11 is 0. The molecule has 65 heavy (non-hydrogen) atoms. The summed E-state index contributed by atoms with van der Waals surface area (Å²) in [4.78, 5) is 64.5. The predicted octanol–water partition coefficient (Wildman–Crippen LogP) is 3.54. The second-order valence-corrected chi connectivity index (χ2v) is 16.0. The number of hydrogen-bond acceptors (Lipinski definition) is 13. The molecular weight excluding hydrogens is 837 g/mol. The highest BCUT2D eigenvalue weighted by Gasteiger charge is 2.30. The molecule has 2 aliphatic rings. The maximum atomic E-state index is 13.9. The Kier molecular flexibility index (Phi) is 13.1. The minimum absolute atomic E-state index is 0.0909. The molecular formula is C44H52N14O7. The minimum atomic E-state index is -0.683. The number of carbonyl (C=O) groups is 4. The molecule has 0 radical (unpaired) electrons. The highest BCUT2D eigenvalue weighted by Crippen LogP contribution is 2.39. The topological polar surface area (TPSA) is 256 Å². The fourth-order valence-electron chi connectivity index (χ4n) is 8.34. The van der Waals surface area contributed by atoms with Gasteiger partial charge in [0.15, 0.2) is 0 Å². The number of ether oxygens (including phenoxy) is 3. The maximum Gasteiger partial charge on any atom is 0.276 e. The number of imidazole rings is 2. The van der Waals surface area contributed by atoms with E-state index in [1.54, 1.807) is 45.8 Å². The standard InChI is InChI=1S/C44H52N14O7/c1-5-56-33(17-26(3)52-56)41(61)50-43-48-32-21-29(40(46)60)22-36(64-14-8-10-47-37(59)24-54-12-15-63-16-13-54)38(32)55(43)11-7-9-30-25-65-35-20-28(23-45)19-31-39(35)58(30)44(49-31)51-42(62)34-18-27(4)53-57(34)6-2/h17-22,30H,5-16,24-25H2,1-4H3,(H2,46,60)(H,47,59)(H,48,50,61)(H,49,51,62)/t30-/m0/s1. The van der Waals surface area contributed by atoms with E-state index in [9.17, 15) is 24.4 Å². The van der Waals surface area contributed by atoms with Gasteiger partial charge in [-0.05, 0) is 77.3 Å². The molecule has 1 saturated heterocycles. The number of aryl methyl sites for hydroxylation is 5. The van der Waals surface area contributed by atoms with E-state index in [1.165, 1.54) is 0 Å². The number of rotatable bonds is 18. The number of nitrogens with zero attached hydrogens (tertiary/aromatic N) is 10. The third kappa shape index (κ3) is 9.49. The fraction of sp³-hybridized carbons (Fsp3) is 0.432. The Morgan fingerprint density at radius 3 is 2.20 bits per heavy atom. The molecule has 6 aromatic rings. The molecule has 21 nitrogen and oxygen atoms in total. The molecule has 2 aliphatic heterocycles. The molecule has 21 heteroatoms. The molecule has 0 unspecified atom stereocenters. The Morgan fingerprint density at radius 1 is 0.877 bits per heavy atom. The van der Waals surface area contributed by atoms with E-state index in [0.29, 0.717) is 140 Å². The molecule has 1 fully saturated rings. The summed E-state index contributed by atoms with van der Waals surface area (Å²) < 4.78 is 25.0. The molecule has 0 spiro atoms. The van der Waals surface area contributed by atoms with Crippen molar-refractivity contribution in [2.24, 2.45) is 5.73 Å². The number of anilines is 2. The van der Waals surface area contributed by atoms with Crippen LogP contribution in [-0.4, -0.2) is 120 Å². The summed E-state index contributed by atoms with van der Waals surface area (Å²) in [6.07, 6.45) is 1.47. The molecule has 0 saturated carbocycles. The molecule has 5 N–H and O–H groups in total. The van der Waals surface area contributed by atoms with Crippen LogP contribution in [0.15, 0.2) is 36.4 Å². The number of aromatic nitrogens is 8. The van der Waals surface area contributed by atoms with Crippen LogP contribution in [0.3, 0.4) is 0 Å². The number of nitriles is 1. The van der Waals surface area contributed by atoms with Gasteiger partial charge in [-0.3, -0.25) is 44.1 Å². The minimum Gasteiger partial charge on any atom is -0.491 e. The summed E-state index contributed by atoms with van der Waals surface area (Å²) in [5.74, 6) is -0.267. The molecule has 0 bridgehead atoms. The molecule has 2 aromatic carbocycles. The van der Waals surface area contributed by atoms with Crippen molar-refractivity contribution in [2.45, 2.75) is 72.6 Å². The van der Waals surface area contributed by atoms with Gasteiger partial charge in [0.2, 0.25) is 23.7 Å².